The molecular weight excluding hydrogens is 496 g/mol. The fraction of sp³-hybridized carbons (Fsp3) is 0.0571. The van der Waals surface area contributed by atoms with Gasteiger partial charge in [-0.3, -0.25) is 4.79 Å². The summed E-state index contributed by atoms with van der Waals surface area (Å²) in [4.78, 5) is 13.3. The first kappa shape index (κ1) is 26.3. The molecule has 196 valence electrons. The molecule has 0 aliphatic carbocycles. The summed E-state index contributed by atoms with van der Waals surface area (Å²) in [5.74, 6) is 1.03. The molecule has 0 aliphatic rings. The monoisotopic (exact) mass is 524 g/mol. The smallest absolute Gasteiger partial charge is 0.213 e. The number of rotatable bonds is 11. The third kappa shape index (κ3) is 7.17. The van der Waals surface area contributed by atoms with Crippen LogP contribution in [0.3, 0.4) is 0 Å². The van der Waals surface area contributed by atoms with Crippen LogP contribution in [0.1, 0.15) is 32.6 Å². The quantitative estimate of drug-likeness (QED) is 0.102. The van der Waals surface area contributed by atoms with Gasteiger partial charge in [0.15, 0.2) is 11.5 Å². The summed E-state index contributed by atoms with van der Waals surface area (Å²) in [7, 11) is 0. The summed E-state index contributed by atoms with van der Waals surface area (Å²) in [5.41, 5.74) is 4.40. The highest BCUT2D eigenvalue weighted by atomic mass is 16.5. The molecule has 0 radical (unpaired) electrons. The van der Waals surface area contributed by atoms with Crippen LogP contribution in [0.25, 0.3) is 0 Å². The van der Waals surface area contributed by atoms with Gasteiger partial charge in [0.25, 0.3) is 0 Å². The van der Waals surface area contributed by atoms with Gasteiger partial charge < -0.3 is 9.47 Å². The van der Waals surface area contributed by atoms with Crippen molar-refractivity contribution in [2.45, 2.75) is 13.2 Å². The van der Waals surface area contributed by atoms with Gasteiger partial charge in [0.1, 0.15) is 18.9 Å². The average Bonchev–Trinajstić information content (AvgIpc) is 3.03. The van der Waals surface area contributed by atoms with Crippen LogP contribution in [0.15, 0.2) is 150 Å². The van der Waals surface area contributed by atoms with E-state index in [2.05, 4.69) is 10.2 Å². The van der Waals surface area contributed by atoms with E-state index in [1.54, 1.807) is 18.3 Å². The third-order valence-corrected chi connectivity index (χ3v) is 6.10. The number of benzene rings is 5. The van der Waals surface area contributed by atoms with E-state index in [0.717, 1.165) is 16.7 Å². The lowest BCUT2D eigenvalue weighted by Gasteiger charge is -2.14. The molecule has 5 heteroatoms. The van der Waals surface area contributed by atoms with Crippen LogP contribution in [-0.4, -0.2) is 17.7 Å². The van der Waals surface area contributed by atoms with Crippen molar-refractivity contribution >= 4 is 17.7 Å². The fourth-order valence-corrected chi connectivity index (χ4v) is 4.02. The minimum absolute atomic E-state index is 0.194. The van der Waals surface area contributed by atoms with Gasteiger partial charge in [-0.15, -0.1) is 5.10 Å². The zero-order valence-corrected chi connectivity index (χ0v) is 21.9. The molecule has 0 aliphatic heterocycles. The Hall–Kier alpha value is -5.29. The topological polar surface area (TPSA) is 60.2 Å². The van der Waals surface area contributed by atoms with Gasteiger partial charge in [-0.05, 0) is 34.9 Å². The molecule has 0 bridgehead atoms. The third-order valence-electron chi connectivity index (χ3n) is 6.10. The van der Waals surface area contributed by atoms with Crippen LogP contribution >= 0.6 is 0 Å². The SMILES string of the molecule is O=C(/C(=N/N=C\c1ccc(OCc2ccccc2)c(OCc2ccccc2)c1)c1ccccc1)c1ccccc1. The van der Waals surface area contributed by atoms with E-state index in [9.17, 15) is 4.79 Å². The van der Waals surface area contributed by atoms with E-state index >= 15 is 0 Å². The predicted octanol–water partition coefficient (Wildman–Crippen LogP) is 7.55. The van der Waals surface area contributed by atoms with Crippen molar-refractivity contribution in [3.8, 4) is 11.5 Å². The summed E-state index contributed by atoms with van der Waals surface area (Å²) in [5, 5.41) is 8.65. The predicted molar refractivity (Wildman–Crippen MR) is 159 cm³/mol. The van der Waals surface area contributed by atoms with Crippen LogP contribution in [0, 0.1) is 0 Å². The van der Waals surface area contributed by atoms with Crippen molar-refractivity contribution in [2.24, 2.45) is 10.2 Å². The van der Waals surface area contributed by atoms with Crippen molar-refractivity contribution < 1.29 is 14.3 Å². The second kappa shape index (κ2) is 13.5. The van der Waals surface area contributed by atoms with Gasteiger partial charge in [-0.2, -0.15) is 5.10 Å². The number of carbonyl (C=O) groups excluding carboxylic acids is 1. The van der Waals surface area contributed by atoms with E-state index < -0.39 is 0 Å². The molecule has 0 fully saturated rings. The van der Waals surface area contributed by atoms with Crippen LogP contribution in [0.5, 0.6) is 11.5 Å². The second-order valence-electron chi connectivity index (χ2n) is 9.01. The van der Waals surface area contributed by atoms with Crippen LogP contribution in [-0.2, 0) is 13.2 Å². The normalized spacial score (nSPS) is 11.3. The number of hydrogen-bond donors (Lipinski definition) is 0. The van der Waals surface area contributed by atoms with E-state index in [1.165, 1.54) is 0 Å². The lowest BCUT2D eigenvalue weighted by Crippen LogP contribution is -2.15. The first-order valence-electron chi connectivity index (χ1n) is 13.0. The Morgan fingerprint density at radius 1 is 0.575 bits per heavy atom. The molecule has 0 amide bonds. The molecule has 5 rings (SSSR count). The molecular formula is C35H28N2O3. The van der Waals surface area contributed by atoms with E-state index in [4.69, 9.17) is 9.47 Å². The Morgan fingerprint density at radius 3 is 1.65 bits per heavy atom. The molecule has 0 heterocycles. The zero-order valence-electron chi connectivity index (χ0n) is 21.9. The standard InChI is InChI=1S/C35H28N2O3/c38-35(31-19-11-4-12-20-31)34(30-17-9-3-10-18-30)37-36-24-29-21-22-32(39-25-27-13-5-1-6-14-27)33(23-29)40-26-28-15-7-2-8-16-28/h1-24H,25-26H2/b36-24-,37-34+. The number of ketones is 1. The molecule has 0 saturated carbocycles. The molecule has 0 aromatic heterocycles. The van der Waals surface area contributed by atoms with Gasteiger partial charge in [0.05, 0.1) is 6.21 Å². The van der Waals surface area contributed by atoms with Crippen molar-refractivity contribution in [3.63, 3.8) is 0 Å². The molecule has 0 N–H and O–H groups in total. The second-order valence-corrected chi connectivity index (χ2v) is 9.01. The molecule has 0 spiro atoms. The summed E-state index contributed by atoms with van der Waals surface area (Å²) in [6.07, 6.45) is 1.61. The molecule has 0 unspecified atom stereocenters. The Labute approximate surface area is 234 Å². The molecule has 5 nitrogen and oxygen atoms in total. The van der Waals surface area contributed by atoms with Crippen LogP contribution < -0.4 is 9.47 Å². The summed E-state index contributed by atoms with van der Waals surface area (Å²) < 4.78 is 12.3. The highest BCUT2D eigenvalue weighted by molar-refractivity contribution is 6.51. The molecule has 5 aromatic carbocycles. The van der Waals surface area contributed by atoms with E-state index in [-0.39, 0.29) is 11.5 Å². The van der Waals surface area contributed by atoms with Gasteiger partial charge in [0, 0.05) is 11.1 Å². The van der Waals surface area contributed by atoms with Crippen LogP contribution in [0.2, 0.25) is 0 Å². The Kier molecular flexibility index (Phi) is 8.88. The van der Waals surface area contributed by atoms with Crippen molar-refractivity contribution in [1.29, 1.82) is 0 Å². The van der Waals surface area contributed by atoms with Gasteiger partial charge in [-0.25, -0.2) is 0 Å². The molecule has 0 saturated heterocycles. The Bertz CT molecular complexity index is 1580. The Balaban J connectivity index is 1.40. The van der Waals surface area contributed by atoms with E-state index in [1.807, 2.05) is 127 Å². The van der Waals surface area contributed by atoms with Crippen molar-refractivity contribution in [1.82, 2.24) is 0 Å². The van der Waals surface area contributed by atoms with Gasteiger partial charge in [-0.1, -0.05) is 121 Å². The number of carbonyl (C=O) groups is 1. The van der Waals surface area contributed by atoms with Crippen molar-refractivity contribution in [3.05, 3.63) is 167 Å². The zero-order chi connectivity index (χ0) is 27.4. The summed E-state index contributed by atoms with van der Waals surface area (Å²) in [6, 6.07) is 44.0. The lowest BCUT2D eigenvalue weighted by molar-refractivity contribution is 0.106. The average molecular weight is 525 g/mol. The largest absolute Gasteiger partial charge is 0.485 e. The first-order valence-corrected chi connectivity index (χ1v) is 13.0. The maximum Gasteiger partial charge on any atom is 0.213 e. The van der Waals surface area contributed by atoms with Crippen molar-refractivity contribution in [2.75, 3.05) is 0 Å². The fourth-order valence-electron chi connectivity index (χ4n) is 4.02. The molecule has 0 atom stereocenters. The number of hydrogen-bond acceptors (Lipinski definition) is 5. The maximum atomic E-state index is 13.3. The number of Topliss-reactive ketones (excluding diaryl/α,β-unsaturated/α-hetero) is 1. The highest BCUT2D eigenvalue weighted by Gasteiger charge is 2.16. The molecule has 40 heavy (non-hydrogen) atoms. The molecule has 5 aromatic rings. The number of nitrogens with zero attached hydrogens (tertiary/aromatic N) is 2. The summed E-state index contributed by atoms with van der Waals surface area (Å²) >= 11 is 0. The number of ether oxygens (including phenoxy) is 2. The van der Waals surface area contributed by atoms with Gasteiger partial charge in [0.2, 0.25) is 5.78 Å². The maximum absolute atomic E-state index is 13.3. The minimum Gasteiger partial charge on any atom is -0.485 e. The Morgan fingerprint density at radius 2 is 1.07 bits per heavy atom. The minimum atomic E-state index is -0.194. The first-order chi connectivity index (χ1) is 19.8. The lowest BCUT2D eigenvalue weighted by atomic mass is 10.0. The summed E-state index contributed by atoms with van der Waals surface area (Å²) in [6.45, 7) is 0.813. The highest BCUT2D eigenvalue weighted by Crippen LogP contribution is 2.30. The van der Waals surface area contributed by atoms with E-state index in [0.29, 0.717) is 35.8 Å². The van der Waals surface area contributed by atoms with Crippen LogP contribution in [0.4, 0.5) is 0 Å². The van der Waals surface area contributed by atoms with Gasteiger partial charge >= 0.3 is 0 Å².